The predicted molar refractivity (Wildman–Crippen MR) is 85.5 cm³/mol. The second-order valence-corrected chi connectivity index (χ2v) is 6.59. The second kappa shape index (κ2) is 6.30. The van der Waals surface area contributed by atoms with Gasteiger partial charge in [-0.2, -0.15) is 0 Å². The van der Waals surface area contributed by atoms with E-state index < -0.39 is 0 Å². The Hall–Kier alpha value is -2.71. The summed E-state index contributed by atoms with van der Waals surface area (Å²) in [7, 11) is 0. The maximum Gasteiger partial charge on any atom is 0.291 e. The summed E-state index contributed by atoms with van der Waals surface area (Å²) in [6, 6.07) is 0.321. The van der Waals surface area contributed by atoms with E-state index in [0.29, 0.717) is 38.1 Å². The van der Waals surface area contributed by atoms with Crippen molar-refractivity contribution in [2.24, 2.45) is 5.92 Å². The van der Waals surface area contributed by atoms with Gasteiger partial charge in [0.2, 0.25) is 11.7 Å². The molecule has 132 valence electrons. The Morgan fingerprint density at radius 3 is 2.32 bits per heavy atom. The molecular weight excluding hydrogens is 324 g/mol. The van der Waals surface area contributed by atoms with Crippen LogP contribution in [0.5, 0.6) is 0 Å². The van der Waals surface area contributed by atoms with Crippen molar-refractivity contribution >= 4 is 11.8 Å². The van der Waals surface area contributed by atoms with Gasteiger partial charge in [0.25, 0.3) is 5.91 Å². The smallest absolute Gasteiger partial charge is 0.291 e. The zero-order valence-corrected chi connectivity index (χ0v) is 14.0. The van der Waals surface area contributed by atoms with Crippen LogP contribution < -0.4 is 0 Å². The number of oxazole rings is 1. The minimum atomic E-state index is -0.163. The molecule has 1 saturated carbocycles. The zero-order chi connectivity index (χ0) is 17.4. The lowest BCUT2D eigenvalue weighted by Crippen LogP contribution is -2.53. The first-order chi connectivity index (χ1) is 12.1. The van der Waals surface area contributed by atoms with Crippen molar-refractivity contribution in [3.63, 3.8) is 0 Å². The van der Waals surface area contributed by atoms with Crippen LogP contribution >= 0.6 is 0 Å². The van der Waals surface area contributed by atoms with Crippen LogP contribution in [0.2, 0.25) is 0 Å². The van der Waals surface area contributed by atoms with Crippen molar-refractivity contribution in [3.8, 4) is 0 Å². The third-order valence-corrected chi connectivity index (χ3v) is 5.03. The largest absolute Gasteiger partial charge is 0.436 e. The molecule has 0 N–H and O–H groups in total. The molecule has 25 heavy (non-hydrogen) atoms. The molecule has 1 saturated heterocycles. The van der Waals surface area contributed by atoms with E-state index in [1.807, 2.05) is 9.47 Å². The Bertz CT molecular complexity index is 757. The van der Waals surface area contributed by atoms with E-state index in [-0.39, 0.29) is 23.5 Å². The highest BCUT2D eigenvalue weighted by Crippen LogP contribution is 2.38. The molecule has 2 aromatic heterocycles. The van der Waals surface area contributed by atoms with Crippen LogP contribution in [-0.2, 0) is 4.79 Å². The highest BCUT2D eigenvalue weighted by molar-refractivity contribution is 5.91. The number of carbonyl (C=O) groups is 2. The molecule has 0 atom stereocenters. The van der Waals surface area contributed by atoms with E-state index >= 15 is 0 Å². The molecule has 0 radical (unpaired) electrons. The van der Waals surface area contributed by atoms with Crippen LogP contribution in [0.15, 0.2) is 23.3 Å². The Kier molecular flexibility index (Phi) is 3.98. The minimum absolute atomic E-state index is 0.0616. The van der Waals surface area contributed by atoms with Gasteiger partial charge in [-0.25, -0.2) is 4.98 Å². The number of hydrogen-bond donors (Lipinski definition) is 0. The molecule has 2 aliphatic rings. The van der Waals surface area contributed by atoms with E-state index in [0.717, 1.165) is 12.8 Å². The Morgan fingerprint density at radius 2 is 1.72 bits per heavy atom. The maximum atomic E-state index is 12.6. The predicted octanol–water partition coefficient (Wildman–Crippen LogP) is 0.510. The van der Waals surface area contributed by atoms with Crippen LogP contribution in [0.4, 0.5) is 0 Å². The fraction of sp³-hybridized carbons (Fsp3) is 0.562. The summed E-state index contributed by atoms with van der Waals surface area (Å²) in [5.74, 6) is 0.820. The summed E-state index contributed by atoms with van der Waals surface area (Å²) in [5.41, 5.74) is 0. The summed E-state index contributed by atoms with van der Waals surface area (Å²) in [4.78, 5) is 32.5. The lowest BCUT2D eigenvalue weighted by molar-refractivity contribution is -0.141. The van der Waals surface area contributed by atoms with E-state index in [2.05, 4.69) is 15.2 Å². The topological polar surface area (TPSA) is 97.4 Å². The summed E-state index contributed by atoms with van der Waals surface area (Å²) in [6.07, 6.45) is 6.50. The van der Waals surface area contributed by atoms with Gasteiger partial charge >= 0.3 is 0 Å². The lowest BCUT2D eigenvalue weighted by atomic mass is 9.79. The van der Waals surface area contributed by atoms with Gasteiger partial charge in [-0.3, -0.25) is 9.59 Å². The normalized spacial score (nSPS) is 23.4. The molecule has 0 aromatic carbocycles. The molecule has 2 amide bonds. The molecule has 1 aliphatic carbocycles. The zero-order valence-electron chi connectivity index (χ0n) is 14.0. The van der Waals surface area contributed by atoms with Gasteiger partial charge in [-0.1, -0.05) is 0 Å². The van der Waals surface area contributed by atoms with Crippen molar-refractivity contribution in [2.45, 2.75) is 25.8 Å². The van der Waals surface area contributed by atoms with Crippen LogP contribution in [0.3, 0.4) is 0 Å². The van der Waals surface area contributed by atoms with E-state index in [9.17, 15) is 9.59 Å². The number of amides is 2. The Labute approximate surface area is 144 Å². The molecule has 9 heteroatoms. The van der Waals surface area contributed by atoms with Gasteiger partial charge in [0.05, 0.1) is 6.20 Å². The molecule has 3 heterocycles. The quantitative estimate of drug-likeness (QED) is 0.805. The van der Waals surface area contributed by atoms with Gasteiger partial charge in [-0.05, 0) is 12.8 Å². The minimum Gasteiger partial charge on any atom is -0.436 e. The van der Waals surface area contributed by atoms with Gasteiger partial charge < -0.3 is 18.8 Å². The first-order valence-electron chi connectivity index (χ1n) is 8.46. The SMILES string of the molecule is Cc1ncc(C(=O)N2CCN(C(=O)C3CC(n4cnnc4)C3)CC2)o1. The molecule has 2 fully saturated rings. The number of hydrogen-bond acceptors (Lipinski definition) is 6. The van der Waals surface area contributed by atoms with Crippen molar-refractivity contribution in [2.75, 3.05) is 26.2 Å². The van der Waals surface area contributed by atoms with Crippen molar-refractivity contribution < 1.29 is 14.0 Å². The molecule has 0 bridgehead atoms. The van der Waals surface area contributed by atoms with Crippen LogP contribution in [-0.4, -0.2) is 67.5 Å². The first kappa shape index (κ1) is 15.8. The third kappa shape index (κ3) is 3.01. The highest BCUT2D eigenvalue weighted by atomic mass is 16.4. The summed E-state index contributed by atoms with van der Waals surface area (Å²) in [6.45, 7) is 3.87. The Morgan fingerprint density at radius 1 is 1.08 bits per heavy atom. The number of aromatic nitrogens is 4. The van der Waals surface area contributed by atoms with Gasteiger partial charge in [0, 0.05) is 45.1 Å². The van der Waals surface area contributed by atoms with E-state index in [1.54, 1.807) is 24.5 Å². The van der Waals surface area contributed by atoms with Gasteiger partial charge in [0.15, 0.2) is 5.89 Å². The van der Waals surface area contributed by atoms with E-state index in [1.165, 1.54) is 6.20 Å². The standard InChI is InChI=1S/C16H20N6O3/c1-11-17-8-14(25-11)16(24)21-4-2-20(3-5-21)15(23)12-6-13(7-12)22-9-18-19-10-22/h8-10,12-13H,2-7H2,1H3. The summed E-state index contributed by atoms with van der Waals surface area (Å²) < 4.78 is 7.25. The molecule has 0 spiro atoms. The van der Waals surface area contributed by atoms with Crippen LogP contribution in [0, 0.1) is 12.8 Å². The lowest BCUT2D eigenvalue weighted by Gasteiger charge is -2.40. The van der Waals surface area contributed by atoms with Gasteiger partial charge in [-0.15, -0.1) is 10.2 Å². The third-order valence-electron chi connectivity index (χ3n) is 5.03. The van der Waals surface area contributed by atoms with Crippen molar-refractivity contribution in [1.82, 2.24) is 29.5 Å². The maximum absolute atomic E-state index is 12.6. The van der Waals surface area contributed by atoms with Crippen molar-refractivity contribution in [1.29, 1.82) is 0 Å². The molecule has 2 aromatic rings. The number of piperazine rings is 1. The first-order valence-corrected chi connectivity index (χ1v) is 8.46. The fourth-order valence-corrected chi connectivity index (χ4v) is 3.43. The molecule has 9 nitrogen and oxygen atoms in total. The molecule has 0 unspecified atom stereocenters. The number of carbonyl (C=O) groups excluding carboxylic acids is 2. The van der Waals surface area contributed by atoms with E-state index in [4.69, 9.17) is 4.42 Å². The van der Waals surface area contributed by atoms with Crippen LogP contribution in [0.25, 0.3) is 0 Å². The average molecular weight is 344 g/mol. The molecule has 4 rings (SSSR count). The number of nitrogens with zero attached hydrogens (tertiary/aromatic N) is 6. The second-order valence-electron chi connectivity index (χ2n) is 6.59. The molecular formula is C16H20N6O3. The van der Waals surface area contributed by atoms with Crippen LogP contribution in [0.1, 0.15) is 35.3 Å². The summed E-state index contributed by atoms with van der Waals surface area (Å²) in [5, 5.41) is 7.61. The Balaban J connectivity index is 1.27. The number of aryl methyl sites for hydroxylation is 1. The van der Waals surface area contributed by atoms with Crippen molar-refractivity contribution in [3.05, 3.63) is 30.5 Å². The fourth-order valence-electron chi connectivity index (χ4n) is 3.43. The molecule has 1 aliphatic heterocycles. The monoisotopic (exact) mass is 344 g/mol. The van der Waals surface area contributed by atoms with Gasteiger partial charge in [0.1, 0.15) is 12.7 Å². The summed E-state index contributed by atoms with van der Waals surface area (Å²) >= 11 is 0. The average Bonchev–Trinajstić information content (AvgIpc) is 3.25. The highest BCUT2D eigenvalue weighted by Gasteiger charge is 2.39. The number of rotatable bonds is 3.